The van der Waals surface area contributed by atoms with Crippen molar-refractivity contribution in [3.8, 4) is 11.5 Å². The molecule has 1 aromatic rings. The van der Waals surface area contributed by atoms with Crippen LogP contribution in [0.5, 0.6) is 11.5 Å². The molecule has 0 fully saturated rings. The molecule has 2 amide bonds. The fourth-order valence-corrected chi connectivity index (χ4v) is 1.78. The first-order chi connectivity index (χ1) is 9.56. The van der Waals surface area contributed by atoms with Gasteiger partial charge in [0.25, 0.3) is 0 Å². The second-order valence-corrected chi connectivity index (χ2v) is 4.84. The van der Waals surface area contributed by atoms with E-state index in [1.807, 2.05) is 18.2 Å². The zero-order valence-electron chi connectivity index (χ0n) is 11.5. The van der Waals surface area contributed by atoms with Crippen LogP contribution in [0, 0.1) is 0 Å². The molecule has 0 bridgehead atoms. The largest absolute Gasteiger partial charge is 0.486 e. The molecule has 0 aromatic heterocycles. The highest BCUT2D eigenvalue weighted by molar-refractivity contribution is 6.35. The van der Waals surface area contributed by atoms with Gasteiger partial charge in [0.05, 0.1) is 6.54 Å². The van der Waals surface area contributed by atoms with Gasteiger partial charge in [-0.05, 0) is 26.0 Å². The highest BCUT2D eigenvalue weighted by atomic mass is 16.6. The third kappa shape index (κ3) is 3.63. The number of nitrogens with one attached hydrogen (secondary N) is 2. The maximum atomic E-state index is 11.5. The molecule has 0 radical (unpaired) electrons. The van der Waals surface area contributed by atoms with E-state index in [1.165, 1.54) is 0 Å². The molecule has 2 N–H and O–H groups in total. The monoisotopic (exact) mass is 278 g/mol. The predicted octanol–water partition coefficient (Wildman–Crippen LogP) is 0.467. The lowest BCUT2D eigenvalue weighted by atomic mass is 10.2. The molecule has 0 saturated carbocycles. The number of hydrogen-bond acceptors (Lipinski definition) is 4. The van der Waals surface area contributed by atoms with Crippen LogP contribution in [-0.4, -0.2) is 37.1 Å². The molecule has 1 aromatic carbocycles. The zero-order chi connectivity index (χ0) is 14.5. The standard InChI is InChI=1S/C14H18N2O4/c1-9(2)16-14(18)13(17)15-7-10-8-19-11-5-3-4-6-12(11)20-10/h3-6,9-10H,7-8H2,1-2H3,(H,15,17)(H,16,18)/t10-/m1/s1. The summed E-state index contributed by atoms with van der Waals surface area (Å²) in [5.41, 5.74) is 0. The van der Waals surface area contributed by atoms with E-state index in [0.717, 1.165) is 0 Å². The van der Waals surface area contributed by atoms with Gasteiger partial charge in [0.1, 0.15) is 12.7 Å². The molecular formula is C14H18N2O4. The first kappa shape index (κ1) is 14.2. The van der Waals surface area contributed by atoms with Gasteiger partial charge in [0, 0.05) is 6.04 Å². The van der Waals surface area contributed by atoms with E-state index in [2.05, 4.69) is 10.6 Å². The van der Waals surface area contributed by atoms with Crippen molar-refractivity contribution >= 4 is 11.8 Å². The second-order valence-electron chi connectivity index (χ2n) is 4.84. The van der Waals surface area contributed by atoms with Gasteiger partial charge in [-0.15, -0.1) is 0 Å². The summed E-state index contributed by atoms with van der Waals surface area (Å²) in [5, 5.41) is 5.06. The number of fused-ring (bicyclic) bond motifs is 1. The Morgan fingerprint density at radius 2 is 1.95 bits per heavy atom. The van der Waals surface area contributed by atoms with Gasteiger partial charge in [-0.3, -0.25) is 9.59 Å². The molecule has 108 valence electrons. The smallest absolute Gasteiger partial charge is 0.309 e. The van der Waals surface area contributed by atoms with Crippen molar-refractivity contribution in [2.45, 2.75) is 26.0 Å². The molecule has 0 unspecified atom stereocenters. The Bertz CT molecular complexity index is 502. The molecule has 20 heavy (non-hydrogen) atoms. The van der Waals surface area contributed by atoms with Crippen molar-refractivity contribution in [2.24, 2.45) is 0 Å². The first-order valence-electron chi connectivity index (χ1n) is 6.53. The van der Waals surface area contributed by atoms with Gasteiger partial charge in [-0.1, -0.05) is 12.1 Å². The molecule has 2 rings (SSSR count). The van der Waals surface area contributed by atoms with E-state index in [9.17, 15) is 9.59 Å². The van der Waals surface area contributed by atoms with E-state index in [-0.39, 0.29) is 18.7 Å². The Morgan fingerprint density at radius 3 is 2.65 bits per heavy atom. The fraction of sp³-hybridized carbons (Fsp3) is 0.429. The van der Waals surface area contributed by atoms with Gasteiger partial charge in [0.2, 0.25) is 0 Å². The van der Waals surface area contributed by atoms with Crippen molar-refractivity contribution in [3.63, 3.8) is 0 Å². The van der Waals surface area contributed by atoms with Crippen molar-refractivity contribution in [1.82, 2.24) is 10.6 Å². The number of hydrogen-bond donors (Lipinski definition) is 2. The SMILES string of the molecule is CC(C)NC(=O)C(=O)NC[C@@H]1COc2ccccc2O1. The number of para-hydroxylation sites is 2. The normalized spacial score (nSPS) is 16.6. The Hall–Kier alpha value is -2.24. The van der Waals surface area contributed by atoms with E-state index in [4.69, 9.17) is 9.47 Å². The third-order valence-electron chi connectivity index (χ3n) is 2.68. The topological polar surface area (TPSA) is 76.7 Å². The average molecular weight is 278 g/mol. The number of rotatable bonds is 3. The molecule has 1 atom stereocenters. The summed E-state index contributed by atoms with van der Waals surface area (Å²) in [4.78, 5) is 23.0. The summed E-state index contributed by atoms with van der Waals surface area (Å²) < 4.78 is 11.2. The van der Waals surface area contributed by atoms with Crippen LogP contribution in [0.1, 0.15) is 13.8 Å². The van der Waals surface area contributed by atoms with Gasteiger partial charge in [0.15, 0.2) is 11.5 Å². The van der Waals surface area contributed by atoms with E-state index < -0.39 is 11.8 Å². The molecular weight excluding hydrogens is 260 g/mol. The predicted molar refractivity (Wildman–Crippen MR) is 72.6 cm³/mol. The number of amides is 2. The van der Waals surface area contributed by atoms with Crippen LogP contribution in [0.3, 0.4) is 0 Å². The van der Waals surface area contributed by atoms with Crippen molar-refractivity contribution in [2.75, 3.05) is 13.2 Å². The zero-order valence-corrected chi connectivity index (χ0v) is 11.5. The van der Waals surface area contributed by atoms with Crippen molar-refractivity contribution in [3.05, 3.63) is 24.3 Å². The van der Waals surface area contributed by atoms with Crippen LogP contribution in [-0.2, 0) is 9.59 Å². The lowest BCUT2D eigenvalue weighted by Crippen LogP contribution is -2.47. The van der Waals surface area contributed by atoms with Gasteiger partial charge >= 0.3 is 11.8 Å². The minimum Gasteiger partial charge on any atom is -0.486 e. The highest BCUT2D eigenvalue weighted by Gasteiger charge is 2.22. The quantitative estimate of drug-likeness (QED) is 0.788. The fourth-order valence-electron chi connectivity index (χ4n) is 1.78. The number of benzene rings is 1. The molecule has 1 heterocycles. The number of ether oxygens (including phenoxy) is 2. The molecule has 6 nitrogen and oxygen atoms in total. The summed E-state index contributed by atoms with van der Waals surface area (Å²) >= 11 is 0. The van der Waals surface area contributed by atoms with E-state index in [0.29, 0.717) is 18.1 Å². The van der Waals surface area contributed by atoms with Crippen LogP contribution in [0.2, 0.25) is 0 Å². The van der Waals surface area contributed by atoms with Crippen LogP contribution < -0.4 is 20.1 Å². The highest BCUT2D eigenvalue weighted by Crippen LogP contribution is 2.30. The van der Waals surface area contributed by atoms with Gasteiger partial charge < -0.3 is 20.1 Å². The van der Waals surface area contributed by atoms with E-state index >= 15 is 0 Å². The minimum absolute atomic E-state index is 0.0746. The summed E-state index contributed by atoms with van der Waals surface area (Å²) in [6.07, 6.45) is -0.305. The van der Waals surface area contributed by atoms with Crippen molar-refractivity contribution in [1.29, 1.82) is 0 Å². The van der Waals surface area contributed by atoms with Crippen LogP contribution in [0.4, 0.5) is 0 Å². The Morgan fingerprint density at radius 1 is 1.25 bits per heavy atom. The summed E-state index contributed by atoms with van der Waals surface area (Å²) in [5.74, 6) is 0.0237. The molecule has 0 spiro atoms. The van der Waals surface area contributed by atoms with Gasteiger partial charge in [-0.25, -0.2) is 0 Å². The van der Waals surface area contributed by atoms with Crippen LogP contribution in [0.25, 0.3) is 0 Å². The van der Waals surface area contributed by atoms with Crippen LogP contribution in [0.15, 0.2) is 24.3 Å². The Balaban J connectivity index is 1.81. The molecule has 1 aliphatic heterocycles. The van der Waals surface area contributed by atoms with Crippen LogP contribution >= 0.6 is 0 Å². The minimum atomic E-state index is -0.666. The molecule has 0 aliphatic carbocycles. The molecule has 6 heteroatoms. The second kappa shape index (κ2) is 6.27. The Labute approximate surface area is 117 Å². The number of carbonyl (C=O) groups is 2. The maximum absolute atomic E-state index is 11.5. The third-order valence-corrected chi connectivity index (χ3v) is 2.68. The maximum Gasteiger partial charge on any atom is 0.309 e. The first-order valence-corrected chi connectivity index (χ1v) is 6.53. The van der Waals surface area contributed by atoms with Gasteiger partial charge in [-0.2, -0.15) is 0 Å². The summed E-state index contributed by atoms with van der Waals surface area (Å²) in [6, 6.07) is 7.25. The van der Waals surface area contributed by atoms with Crippen molar-refractivity contribution < 1.29 is 19.1 Å². The molecule has 1 aliphatic rings. The molecule has 0 saturated heterocycles. The summed E-state index contributed by atoms with van der Waals surface area (Å²) in [6.45, 7) is 4.14. The average Bonchev–Trinajstić information content (AvgIpc) is 2.43. The lowest BCUT2D eigenvalue weighted by Gasteiger charge is -2.26. The lowest BCUT2D eigenvalue weighted by molar-refractivity contribution is -0.139. The Kier molecular flexibility index (Phi) is 4.45. The summed E-state index contributed by atoms with van der Waals surface area (Å²) in [7, 11) is 0. The number of carbonyl (C=O) groups excluding carboxylic acids is 2. The van der Waals surface area contributed by atoms with E-state index in [1.54, 1.807) is 19.9 Å².